The largest absolute Gasteiger partial charge is 0.497 e. The summed E-state index contributed by atoms with van der Waals surface area (Å²) < 4.78 is 6.97. The Morgan fingerprint density at radius 2 is 1.60 bits per heavy atom. The summed E-state index contributed by atoms with van der Waals surface area (Å²) in [5, 5.41) is 1.07. The Hall–Kier alpha value is -4.42. The van der Waals surface area contributed by atoms with Crippen molar-refractivity contribution >= 4 is 28.4 Å². The zero-order valence-electron chi connectivity index (χ0n) is 22.5. The number of hydrogen-bond donors (Lipinski definition) is 0. The first kappa shape index (κ1) is 27.2. The molecular weight excluding hydrogens is 522 g/mol. The fourth-order valence-corrected chi connectivity index (χ4v) is 5.07. The number of ether oxygens (including phenoxy) is 1. The topological polar surface area (TPSA) is 64.4 Å². The highest BCUT2D eigenvalue weighted by atomic mass is 35.5. The normalized spacial score (nSPS) is 11.8. The average molecular weight is 552 g/mol. The lowest BCUT2D eigenvalue weighted by atomic mass is 10.1. The number of aromatic nitrogens is 2. The Morgan fingerprint density at radius 3 is 2.27 bits per heavy atom. The van der Waals surface area contributed by atoms with Gasteiger partial charge in [0, 0.05) is 17.1 Å². The fourth-order valence-electron chi connectivity index (χ4n) is 4.95. The summed E-state index contributed by atoms with van der Waals surface area (Å²) in [6, 6.07) is 31.1. The Balaban J connectivity index is 1.67. The second-order valence-electron chi connectivity index (χ2n) is 9.49. The van der Waals surface area contributed by atoms with Crippen molar-refractivity contribution in [2.75, 3.05) is 13.7 Å². The van der Waals surface area contributed by atoms with E-state index >= 15 is 0 Å². The van der Waals surface area contributed by atoms with Crippen molar-refractivity contribution in [3.63, 3.8) is 0 Å². The second kappa shape index (κ2) is 12.2. The van der Waals surface area contributed by atoms with Crippen LogP contribution in [-0.4, -0.2) is 34.0 Å². The molecule has 0 bridgehead atoms. The van der Waals surface area contributed by atoms with Gasteiger partial charge in [-0.05, 0) is 79.1 Å². The van der Waals surface area contributed by atoms with E-state index in [9.17, 15) is 9.59 Å². The quantitative estimate of drug-likeness (QED) is 0.200. The predicted molar refractivity (Wildman–Crippen MR) is 160 cm³/mol. The van der Waals surface area contributed by atoms with Crippen LogP contribution in [0.15, 0.2) is 108 Å². The van der Waals surface area contributed by atoms with Gasteiger partial charge < -0.3 is 9.64 Å². The maximum absolute atomic E-state index is 14.1. The number of amides is 1. The molecule has 0 N–H and O–H groups in total. The molecule has 0 aliphatic carbocycles. The summed E-state index contributed by atoms with van der Waals surface area (Å²) in [7, 11) is 1.60. The van der Waals surface area contributed by atoms with E-state index in [1.165, 1.54) is 0 Å². The summed E-state index contributed by atoms with van der Waals surface area (Å²) in [6.45, 7) is 2.45. The van der Waals surface area contributed by atoms with Crippen LogP contribution in [0, 0.1) is 0 Å². The van der Waals surface area contributed by atoms with Gasteiger partial charge in [-0.15, -0.1) is 0 Å². The molecule has 0 saturated heterocycles. The van der Waals surface area contributed by atoms with Crippen LogP contribution in [0.4, 0.5) is 0 Å². The van der Waals surface area contributed by atoms with Gasteiger partial charge in [0.05, 0.1) is 29.7 Å². The summed E-state index contributed by atoms with van der Waals surface area (Å²) in [4.78, 5) is 34.9. The fraction of sp³-hybridized carbons (Fsp3) is 0.182. The predicted octanol–water partition coefficient (Wildman–Crippen LogP) is 6.88. The number of fused-ring (bicyclic) bond motifs is 1. The summed E-state index contributed by atoms with van der Waals surface area (Å²) in [5.41, 5.74) is 2.69. The van der Waals surface area contributed by atoms with Crippen molar-refractivity contribution in [2.45, 2.75) is 25.8 Å². The third kappa shape index (κ3) is 5.63. The Morgan fingerprint density at radius 1 is 0.925 bits per heavy atom. The number of methoxy groups -OCH3 is 1. The zero-order valence-corrected chi connectivity index (χ0v) is 23.2. The minimum absolute atomic E-state index is 0.150. The Kier molecular flexibility index (Phi) is 8.27. The van der Waals surface area contributed by atoms with Gasteiger partial charge in [0.15, 0.2) is 0 Å². The highest BCUT2D eigenvalue weighted by molar-refractivity contribution is 6.30. The summed E-state index contributed by atoms with van der Waals surface area (Å²) >= 11 is 6.12. The number of halogens is 1. The van der Waals surface area contributed by atoms with Crippen molar-refractivity contribution in [1.29, 1.82) is 0 Å². The first-order chi connectivity index (χ1) is 19.5. The van der Waals surface area contributed by atoms with Crippen LogP contribution in [0.3, 0.4) is 0 Å². The maximum Gasteiger partial charge on any atom is 0.266 e. The van der Waals surface area contributed by atoms with Crippen LogP contribution in [0.25, 0.3) is 16.6 Å². The monoisotopic (exact) mass is 551 g/mol. The molecule has 1 atom stereocenters. The lowest BCUT2D eigenvalue weighted by Crippen LogP contribution is -2.39. The number of benzene rings is 4. The van der Waals surface area contributed by atoms with Crippen LogP contribution in [0.5, 0.6) is 5.75 Å². The molecule has 5 aromatic rings. The first-order valence-electron chi connectivity index (χ1n) is 13.3. The third-order valence-corrected chi connectivity index (χ3v) is 7.28. The molecule has 0 aliphatic heterocycles. The third-order valence-electron chi connectivity index (χ3n) is 7.03. The van der Waals surface area contributed by atoms with Crippen molar-refractivity contribution in [3.8, 4) is 11.4 Å². The van der Waals surface area contributed by atoms with Crippen LogP contribution in [-0.2, 0) is 6.42 Å². The van der Waals surface area contributed by atoms with Gasteiger partial charge >= 0.3 is 0 Å². The van der Waals surface area contributed by atoms with Gasteiger partial charge in [-0.2, -0.15) is 0 Å². The van der Waals surface area contributed by atoms with E-state index < -0.39 is 6.04 Å². The van der Waals surface area contributed by atoms with Crippen LogP contribution >= 0.6 is 11.6 Å². The van der Waals surface area contributed by atoms with E-state index in [1.54, 1.807) is 42.0 Å². The van der Waals surface area contributed by atoms with Gasteiger partial charge in [-0.25, -0.2) is 4.98 Å². The molecule has 0 radical (unpaired) electrons. The van der Waals surface area contributed by atoms with Gasteiger partial charge in [-0.3, -0.25) is 14.2 Å². The number of nitrogens with zero attached hydrogens (tertiary/aromatic N) is 3. The molecule has 5 rings (SSSR count). The van der Waals surface area contributed by atoms with Gasteiger partial charge in [0.25, 0.3) is 11.5 Å². The highest BCUT2D eigenvalue weighted by Crippen LogP contribution is 2.29. The molecule has 0 aliphatic rings. The molecule has 6 nitrogen and oxygen atoms in total. The second-order valence-corrected chi connectivity index (χ2v) is 9.93. The summed E-state index contributed by atoms with van der Waals surface area (Å²) in [6.07, 6.45) is 1.20. The van der Waals surface area contributed by atoms with Crippen LogP contribution in [0.2, 0.25) is 5.02 Å². The molecule has 1 amide bonds. The van der Waals surface area contributed by atoms with Crippen molar-refractivity contribution < 1.29 is 9.53 Å². The molecule has 1 heterocycles. The van der Waals surface area contributed by atoms with Crippen LogP contribution < -0.4 is 10.3 Å². The SMILES string of the molecule is CCC(c1nc2ccccc2c(=O)n1-c1ccc(OC)cc1)N(CCc1ccccc1)C(=O)c1ccc(Cl)cc1. The molecule has 0 spiro atoms. The van der Waals surface area contributed by atoms with Crippen molar-refractivity contribution in [2.24, 2.45) is 0 Å². The van der Waals surface area contributed by atoms with Gasteiger partial charge in [0.1, 0.15) is 11.6 Å². The first-order valence-corrected chi connectivity index (χ1v) is 13.6. The lowest BCUT2D eigenvalue weighted by molar-refractivity contribution is 0.0662. The minimum atomic E-state index is -0.480. The van der Waals surface area contributed by atoms with E-state index in [-0.39, 0.29) is 11.5 Å². The minimum Gasteiger partial charge on any atom is -0.497 e. The number of carbonyl (C=O) groups excluding carboxylic acids is 1. The van der Waals surface area contributed by atoms with Gasteiger partial charge in [-0.1, -0.05) is 61.0 Å². The van der Waals surface area contributed by atoms with E-state index in [2.05, 4.69) is 0 Å². The number of para-hydroxylation sites is 1. The Labute approximate surface area is 238 Å². The molecule has 0 fully saturated rings. The molecule has 7 heteroatoms. The Bertz CT molecular complexity index is 1670. The van der Waals surface area contributed by atoms with Crippen molar-refractivity contribution in [3.05, 3.63) is 135 Å². The zero-order chi connectivity index (χ0) is 28.1. The number of rotatable bonds is 9. The van der Waals surface area contributed by atoms with E-state index in [0.29, 0.717) is 58.1 Å². The van der Waals surface area contributed by atoms with E-state index in [4.69, 9.17) is 21.3 Å². The lowest BCUT2D eigenvalue weighted by Gasteiger charge is -2.32. The standard InChI is InChI=1S/C33H30ClN3O3/c1-3-30(36(22-21-23-9-5-4-6-10-23)32(38)24-13-15-25(34)16-14-24)31-35-29-12-8-7-11-28(29)33(39)37(31)26-17-19-27(40-2)20-18-26/h4-20,30H,3,21-22H2,1-2H3. The summed E-state index contributed by atoms with van der Waals surface area (Å²) in [5.74, 6) is 1.04. The van der Waals surface area contributed by atoms with Crippen LogP contribution in [0.1, 0.15) is 41.1 Å². The van der Waals surface area contributed by atoms with Gasteiger partial charge in [0.2, 0.25) is 0 Å². The average Bonchev–Trinajstić information content (AvgIpc) is 3.00. The maximum atomic E-state index is 14.1. The number of carbonyl (C=O) groups is 1. The highest BCUT2D eigenvalue weighted by Gasteiger charge is 2.29. The molecule has 1 unspecified atom stereocenters. The molecule has 0 saturated carbocycles. The number of hydrogen-bond acceptors (Lipinski definition) is 4. The van der Waals surface area contributed by atoms with Crippen molar-refractivity contribution in [1.82, 2.24) is 14.5 Å². The molecular formula is C33H30ClN3O3. The molecule has 4 aromatic carbocycles. The van der Waals surface area contributed by atoms with E-state index in [1.807, 2.05) is 84.6 Å². The molecule has 202 valence electrons. The molecule has 40 heavy (non-hydrogen) atoms. The smallest absolute Gasteiger partial charge is 0.266 e. The molecule has 1 aromatic heterocycles. The van der Waals surface area contributed by atoms with E-state index in [0.717, 1.165) is 5.56 Å².